The quantitative estimate of drug-likeness (QED) is 0.409. The molecule has 5 heteroatoms. The fourth-order valence-electron chi connectivity index (χ4n) is 4.15. The second-order valence-corrected chi connectivity index (χ2v) is 8.31. The Morgan fingerprint density at radius 3 is 2.39 bits per heavy atom. The van der Waals surface area contributed by atoms with Crippen molar-refractivity contribution >= 4 is 29.2 Å². The Morgan fingerprint density at radius 2 is 1.77 bits per heavy atom. The lowest BCUT2D eigenvalue weighted by Crippen LogP contribution is -2.12. The standard InChI is InChI=1S/C26H28FNO3/c1-17(2)28-23-7-5-4-6-22(23)26(20-9-11-21(27)12-10-20)24(28)13-8-18(3)14-19(16-29)15-25(30)31/h4-13,16-19H,14-15H2,1-3H3,(H,30,31)/b13-8+/t18-,19?/m1/s1. The van der Waals surface area contributed by atoms with Gasteiger partial charge < -0.3 is 14.5 Å². The number of rotatable bonds is 9. The Kier molecular flexibility index (Phi) is 7.06. The van der Waals surface area contributed by atoms with E-state index >= 15 is 0 Å². The molecule has 0 aliphatic rings. The summed E-state index contributed by atoms with van der Waals surface area (Å²) in [4.78, 5) is 22.2. The largest absolute Gasteiger partial charge is 0.481 e. The number of aldehydes is 1. The molecule has 3 aromatic rings. The van der Waals surface area contributed by atoms with E-state index in [0.29, 0.717) is 6.42 Å². The fourth-order valence-corrected chi connectivity index (χ4v) is 4.15. The van der Waals surface area contributed by atoms with Gasteiger partial charge in [0.25, 0.3) is 0 Å². The van der Waals surface area contributed by atoms with E-state index in [1.807, 2.05) is 31.2 Å². The van der Waals surface area contributed by atoms with Crippen LogP contribution in [0.5, 0.6) is 0 Å². The lowest BCUT2D eigenvalue weighted by atomic mass is 9.93. The Labute approximate surface area is 182 Å². The number of aromatic nitrogens is 1. The van der Waals surface area contributed by atoms with Crippen molar-refractivity contribution in [2.75, 3.05) is 0 Å². The molecular weight excluding hydrogens is 393 g/mol. The normalized spacial score (nSPS) is 13.7. The maximum atomic E-state index is 13.6. The lowest BCUT2D eigenvalue weighted by molar-refractivity contribution is -0.139. The molecule has 162 valence electrons. The van der Waals surface area contributed by atoms with Crippen LogP contribution in [0.1, 0.15) is 45.3 Å². The van der Waals surface area contributed by atoms with E-state index in [1.54, 1.807) is 12.1 Å². The van der Waals surface area contributed by atoms with Crippen molar-refractivity contribution in [1.82, 2.24) is 4.57 Å². The van der Waals surface area contributed by atoms with Gasteiger partial charge in [-0.05, 0) is 56.0 Å². The molecule has 0 saturated carbocycles. The van der Waals surface area contributed by atoms with Gasteiger partial charge in [-0.25, -0.2) is 4.39 Å². The maximum Gasteiger partial charge on any atom is 0.304 e. The molecule has 0 radical (unpaired) electrons. The molecule has 0 spiro atoms. The van der Waals surface area contributed by atoms with Crippen molar-refractivity contribution in [2.24, 2.45) is 11.8 Å². The number of nitrogens with zero attached hydrogens (tertiary/aromatic N) is 1. The zero-order valence-electron chi connectivity index (χ0n) is 18.1. The number of aliphatic carboxylic acids is 1. The van der Waals surface area contributed by atoms with Crippen LogP contribution in [0, 0.1) is 17.7 Å². The number of carbonyl (C=O) groups excluding carboxylic acids is 1. The molecule has 4 nitrogen and oxygen atoms in total. The Morgan fingerprint density at radius 1 is 1.10 bits per heavy atom. The Hall–Kier alpha value is -3.21. The molecule has 0 fully saturated rings. The van der Waals surface area contributed by atoms with Gasteiger partial charge in [0.2, 0.25) is 0 Å². The van der Waals surface area contributed by atoms with Gasteiger partial charge in [-0.1, -0.05) is 43.3 Å². The minimum atomic E-state index is -0.966. The molecule has 1 heterocycles. The third-order valence-corrected chi connectivity index (χ3v) is 5.48. The molecule has 0 aliphatic carbocycles. The van der Waals surface area contributed by atoms with Gasteiger partial charge in [0.05, 0.1) is 6.42 Å². The third kappa shape index (κ3) is 5.10. The van der Waals surface area contributed by atoms with E-state index in [9.17, 15) is 14.0 Å². The molecule has 3 rings (SSSR count). The summed E-state index contributed by atoms with van der Waals surface area (Å²) in [7, 11) is 0. The average Bonchev–Trinajstić information content (AvgIpc) is 3.06. The van der Waals surface area contributed by atoms with Crippen LogP contribution in [0.3, 0.4) is 0 Å². The van der Waals surface area contributed by atoms with E-state index < -0.39 is 11.9 Å². The van der Waals surface area contributed by atoms with Gasteiger partial charge in [0, 0.05) is 34.1 Å². The first-order valence-corrected chi connectivity index (χ1v) is 10.6. The summed E-state index contributed by atoms with van der Waals surface area (Å²) in [5, 5.41) is 10.1. The van der Waals surface area contributed by atoms with Gasteiger partial charge in [-0.3, -0.25) is 4.79 Å². The first-order valence-electron chi connectivity index (χ1n) is 10.6. The van der Waals surface area contributed by atoms with Crippen molar-refractivity contribution in [3.05, 3.63) is 66.1 Å². The van der Waals surface area contributed by atoms with Crippen molar-refractivity contribution in [2.45, 2.75) is 39.7 Å². The second kappa shape index (κ2) is 9.73. The zero-order chi connectivity index (χ0) is 22.5. The highest BCUT2D eigenvalue weighted by Gasteiger charge is 2.19. The molecule has 31 heavy (non-hydrogen) atoms. The summed E-state index contributed by atoms with van der Waals surface area (Å²) in [6.07, 6.45) is 5.12. The van der Waals surface area contributed by atoms with Crippen LogP contribution in [0.15, 0.2) is 54.6 Å². The van der Waals surface area contributed by atoms with Crippen LogP contribution in [-0.4, -0.2) is 21.9 Å². The first kappa shape index (κ1) is 22.5. The summed E-state index contributed by atoms with van der Waals surface area (Å²) in [6, 6.07) is 14.9. The van der Waals surface area contributed by atoms with Crippen molar-refractivity contribution < 1.29 is 19.1 Å². The van der Waals surface area contributed by atoms with E-state index in [2.05, 4.69) is 30.5 Å². The Balaban J connectivity index is 2.07. The molecule has 2 atom stereocenters. The number of fused-ring (bicyclic) bond motifs is 1. The van der Waals surface area contributed by atoms with Crippen LogP contribution in [0.2, 0.25) is 0 Å². The monoisotopic (exact) mass is 421 g/mol. The fraction of sp³-hybridized carbons (Fsp3) is 0.308. The van der Waals surface area contributed by atoms with Crippen molar-refractivity contribution in [3.8, 4) is 11.1 Å². The van der Waals surface area contributed by atoms with Crippen LogP contribution >= 0.6 is 0 Å². The van der Waals surface area contributed by atoms with Gasteiger partial charge >= 0.3 is 5.97 Å². The average molecular weight is 422 g/mol. The molecule has 1 N–H and O–H groups in total. The number of para-hydroxylation sites is 1. The number of carboxylic acids is 1. The highest BCUT2D eigenvalue weighted by atomic mass is 19.1. The number of hydrogen-bond acceptors (Lipinski definition) is 2. The van der Waals surface area contributed by atoms with Gasteiger partial charge in [-0.15, -0.1) is 0 Å². The minimum absolute atomic E-state index is 0.0224. The molecule has 1 unspecified atom stereocenters. The molecule has 0 aliphatic heterocycles. The number of allylic oxidation sites excluding steroid dienone is 1. The second-order valence-electron chi connectivity index (χ2n) is 8.31. The van der Waals surface area contributed by atoms with Crippen molar-refractivity contribution in [3.63, 3.8) is 0 Å². The topological polar surface area (TPSA) is 59.3 Å². The number of benzene rings is 2. The smallest absolute Gasteiger partial charge is 0.304 e. The van der Waals surface area contributed by atoms with E-state index in [4.69, 9.17) is 5.11 Å². The minimum Gasteiger partial charge on any atom is -0.481 e. The molecule has 0 bridgehead atoms. The van der Waals surface area contributed by atoms with Crippen LogP contribution in [0.4, 0.5) is 4.39 Å². The van der Waals surface area contributed by atoms with Gasteiger partial charge in [0.1, 0.15) is 12.1 Å². The number of carbonyl (C=O) groups is 2. The highest BCUT2D eigenvalue weighted by molar-refractivity contribution is 6.01. The Bertz CT molecular complexity index is 1100. The maximum absolute atomic E-state index is 13.6. The number of hydrogen-bond donors (Lipinski definition) is 1. The third-order valence-electron chi connectivity index (χ3n) is 5.48. The predicted octanol–water partition coefficient (Wildman–Crippen LogP) is 6.36. The lowest BCUT2D eigenvalue weighted by Gasteiger charge is -2.15. The molecule has 0 saturated heterocycles. The summed E-state index contributed by atoms with van der Waals surface area (Å²) < 4.78 is 15.8. The number of carboxylic acid groups (broad SMARTS) is 1. The number of halogens is 1. The molecule has 2 aromatic carbocycles. The van der Waals surface area contributed by atoms with Gasteiger partial charge in [-0.2, -0.15) is 0 Å². The predicted molar refractivity (Wildman–Crippen MR) is 122 cm³/mol. The van der Waals surface area contributed by atoms with Gasteiger partial charge in [0.15, 0.2) is 0 Å². The van der Waals surface area contributed by atoms with Crippen molar-refractivity contribution in [1.29, 1.82) is 0 Å². The highest BCUT2D eigenvalue weighted by Crippen LogP contribution is 2.38. The van der Waals surface area contributed by atoms with E-state index in [1.165, 1.54) is 12.1 Å². The summed E-state index contributed by atoms with van der Waals surface area (Å²) >= 11 is 0. The SMILES string of the molecule is CC(C)n1c(/C=C/[C@@H](C)CC(C=O)CC(=O)O)c(-c2ccc(F)cc2)c2ccccc21. The van der Waals surface area contributed by atoms with Crippen LogP contribution < -0.4 is 0 Å². The molecular formula is C26H28FNO3. The molecule has 0 amide bonds. The molecule has 1 aromatic heterocycles. The van der Waals surface area contributed by atoms with E-state index in [0.717, 1.165) is 34.0 Å². The first-order chi connectivity index (χ1) is 14.8. The summed E-state index contributed by atoms with van der Waals surface area (Å²) in [5.74, 6) is -1.73. The van der Waals surface area contributed by atoms with E-state index in [-0.39, 0.29) is 24.2 Å². The zero-order valence-corrected chi connectivity index (χ0v) is 18.1. The summed E-state index contributed by atoms with van der Waals surface area (Å²) in [6.45, 7) is 6.22. The van der Waals surface area contributed by atoms with Crippen LogP contribution in [0.25, 0.3) is 28.1 Å². The summed E-state index contributed by atoms with van der Waals surface area (Å²) in [5.41, 5.74) is 4.07. The van der Waals surface area contributed by atoms with Crippen LogP contribution in [-0.2, 0) is 9.59 Å².